The molecule has 7 heteroatoms. The third-order valence-electron chi connectivity index (χ3n) is 6.06. The van der Waals surface area contributed by atoms with Crippen LogP contribution < -0.4 is 19.1 Å². The topological polar surface area (TPSA) is 68.3 Å². The van der Waals surface area contributed by atoms with Crippen molar-refractivity contribution in [2.45, 2.75) is 13.0 Å². The zero-order chi connectivity index (χ0) is 23.5. The molecule has 4 rings (SSSR count). The molecule has 0 N–H and O–H groups in total. The normalized spacial score (nSPS) is 15.6. The van der Waals surface area contributed by atoms with Crippen LogP contribution in [0, 0.1) is 5.92 Å². The second-order valence-electron chi connectivity index (χ2n) is 8.19. The van der Waals surface area contributed by atoms with Crippen LogP contribution in [0.25, 0.3) is 10.8 Å². The fourth-order valence-electron chi connectivity index (χ4n) is 4.28. The monoisotopic (exact) mass is 448 g/mol. The van der Waals surface area contributed by atoms with Crippen LogP contribution in [-0.2, 0) is 16.1 Å². The zero-order valence-electron chi connectivity index (χ0n) is 19.3. The number of carbonyl (C=O) groups excluding carboxylic acids is 2. The maximum Gasteiger partial charge on any atom is 0.228 e. The average molecular weight is 449 g/mol. The van der Waals surface area contributed by atoms with Crippen LogP contribution in [0.1, 0.15) is 12.0 Å². The Bertz CT molecular complexity index is 1190. The highest BCUT2D eigenvalue weighted by molar-refractivity contribution is 6.00. The van der Waals surface area contributed by atoms with Gasteiger partial charge < -0.3 is 24.0 Å². The highest BCUT2D eigenvalue weighted by Gasteiger charge is 2.36. The van der Waals surface area contributed by atoms with E-state index in [2.05, 4.69) is 6.07 Å². The van der Waals surface area contributed by atoms with Crippen molar-refractivity contribution in [3.8, 4) is 17.2 Å². The van der Waals surface area contributed by atoms with E-state index in [0.717, 1.165) is 22.1 Å². The first-order valence-corrected chi connectivity index (χ1v) is 10.8. The molecule has 1 heterocycles. The molecule has 1 aliphatic heterocycles. The second kappa shape index (κ2) is 9.40. The Labute approximate surface area is 193 Å². The minimum Gasteiger partial charge on any atom is -0.497 e. The lowest BCUT2D eigenvalue weighted by Gasteiger charge is -2.22. The van der Waals surface area contributed by atoms with Crippen LogP contribution >= 0.6 is 0 Å². The lowest BCUT2D eigenvalue weighted by Crippen LogP contribution is -2.34. The van der Waals surface area contributed by atoms with Crippen LogP contribution in [-0.4, -0.2) is 51.6 Å². The van der Waals surface area contributed by atoms with Gasteiger partial charge in [0.15, 0.2) is 11.5 Å². The Hall–Kier alpha value is -3.74. The van der Waals surface area contributed by atoms with E-state index in [1.54, 1.807) is 56.4 Å². The predicted octanol–water partition coefficient (Wildman–Crippen LogP) is 3.88. The molecule has 0 aliphatic carbocycles. The van der Waals surface area contributed by atoms with Gasteiger partial charge in [-0.25, -0.2) is 0 Å². The molecule has 0 radical (unpaired) electrons. The minimum atomic E-state index is -0.389. The summed E-state index contributed by atoms with van der Waals surface area (Å²) >= 11 is 0. The van der Waals surface area contributed by atoms with Gasteiger partial charge in [0.05, 0.1) is 27.2 Å². The van der Waals surface area contributed by atoms with Crippen molar-refractivity contribution < 1.29 is 23.8 Å². The van der Waals surface area contributed by atoms with Crippen LogP contribution in [0.15, 0.2) is 54.6 Å². The molecule has 1 saturated heterocycles. The molecule has 172 valence electrons. The number of hydrogen-bond donors (Lipinski definition) is 0. The minimum absolute atomic E-state index is 0.0406. The fraction of sp³-hybridized carbons (Fsp3) is 0.308. The van der Waals surface area contributed by atoms with Gasteiger partial charge in [-0.2, -0.15) is 0 Å². The Morgan fingerprint density at radius 1 is 0.939 bits per heavy atom. The number of methoxy groups -OCH3 is 3. The third kappa shape index (κ3) is 4.58. The molecule has 7 nitrogen and oxygen atoms in total. The second-order valence-corrected chi connectivity index (χ2v) is 8.19. The smallest absolute Gasteiger partial charge is 0.228 e. The summed E-state index contributed by atoms with van der Waals surface area (Å²) in [6, 6.07) is 17.4. The van der Waals surface area contributed by atoms with Crippen LogP contribution in [0.4, 0.5) is 5.69 Å². The highest BCUT2D eigenvalue weighted by atomic mass is 16.5. The SMILES string of the molecule is COc1ccc2cc(CN(C)C(=O)C3CC(=O)N(c4ccc(OC)c(OC)c4)C3)ccc2c1. The van der Waals surface area contributed by atoms with Gasteiger partial charge in [0.2, 0.25) is 11.8 Å². The van der Waals surface area contributed by atoms with Crippen LogP contribution in [0.3, 0.4) is 0 Å². The van der Waals surface area contributed by atoms with Crippen molar-refractivity contribution in [3.05, 3.63) is 60.2 Å². The molecular weight excluding hydrogens is 420 g/mol. The molecule has 3 aromatic rings. The summed E-state index contributed by atoms with van der Waals surface area (Å²) in [7, 11) is 6.55. The van der Waals surface area contributed by atoms with Gasteiger partial charge >= 0.3 is 0 Å². The van der Waals surface area contributed by atoms with Gasteiger partial charge in [0.1, 0.15) is 5.75 Å². The summed E-state index contributed by atoms with van der Waals surface area (Å²) in [5.74, 6) is 1.44. The molecule has 0 saturated carbocycles. The van der Waals surface area contributed by atoms with Crippen molar-refractivity contribution >= 4 is 28.3 Å². The Morgan fingerprint density at radius 3 is 2.39 bits per heavy atom. The molecule has 1 unspecified atom stereocenters. The highest BCUT2D eigenvalue weighted by Crippen LogP contribution is 2.34. The molecule has 3 aromatic carbocycles. The van der Waals surface area contributed by atoms with Crippen molar-refractivity contribution in [1.29, 1.82) is 0 Å². The van der Waals surface area contributed by atoms with Gasteiger partial charge in [-0.05, 0) is 46.7 Å². The quantitative estimate of drug-likeness (QED) is 0.549. The number of ether oxygens (including phenoxy) is 3. The molecular formula is C26H28N2O5. The fourth-order valence-corrected chi connectivity index (χ4v) is 4.28. The van der Waals surface area contributed by atoms with Gasteiger partial charge in [-0.1, -0.05) is 18.2 Å². The molecule has 0 spiro atoms. The number of hydrogen-bond acceptors (Lipinski definition) is 5. The van der Waals surface area contributed by atoms with Crippen molar-refractivity contribution in [1.82, 2.24) is 4.90 Å². The summed E-state index contributed by atoms with van der Waals surface area (Å²) in [6.07, 6.45) is 0.190. The molecule has 0 bridgehead atoms. The largest absolute Gasteiger partial charge is 0.497 e. The summed E-state index contributed by atoms with van der Waals surface area (Å²) in [5.41, 5.74) is 1.73. The molecule has 1 atom stereocenters. The van der Waals surface area contributed by atoms with E-state index in [-0.39, 0.29) is 24.2 Å². The van der Waals surface area contributed by atoms with Gasteiger partial charge in [-0.15, -0.1) is 0 Å². The first kappa shape index (κ1) is 22.5. The van der Waals surface area contributed by atoms with E-state index >= 15 is 0 Å². The maximum absolute atomic E-state index is 13.1. The summed E-state index contributed by atoms with van der Waals surface area (Å²) in [5, 5.41) is 2.17. The Balaban J connectivity index is 1.45. The standard InChI is InChI=1S/C26H28N2O5/c1-27(15-17-5-6-19-12-22(31-2)9-7-18(19)11-17)26(30)20-13-25(29)28(16-20)21-8-10-23(32-3)24(14-21)33-4/h5-12,14,20H,13,15-16H2,1-4H3. The van der Waals surface area contributed by atoms with E-state index in [4.69, 9.17) is 14.2 Å². The van der Waals surface area contributed by atoms with Crippen LogP contribution in [0.2, 0.25) is 0 Å². The number of anilines is 1. The molecule has 1 fully saturated rings. The molecule has 0 aromatic heterocycles. The number of carbonyl (C=O) groups is 2. The molecule has 2 amide bonds. The summed E-state index contributed by atoms with van der Waals surface area (Å²) in [4.78, 5) is 29.2. The van der Waals surface area contributed by atoms with Gasteiger partial charge in [-0.3, -0.25) is 9.59 Å². The third-order valence-corrected chi connectivity index (χ3v) is 6.06. The van der Waals surface area contributed by atoms with Gasteiger partial charge in [0, 0.05) is 38.3 Å². The Kier molecular flexibility index (Phi) is 6.40. The molecule has 33 heavy (non-hydrogen) atoms. The molecule has 1 aliphatic rings. The van der Waals surface area contributed by atoms with E-state index < -0.39 is 0 Å². The number of rotatable bonds is 7. The summed E-state index contributed by atoms with van der Waals surface area (Å²) in [6.45, 7) is 0.816. The van der Waals surface area contributed by atoms with Crippen molar-refractivity contribution in [2.24, 2.45) is 5.92 Å². The maximum atomic E-state index is 13.1. The summed E-state index contributed by atoms with van der Waals surface area (Å²) < 4.78 is 15.9. The van der Waals surface area contributed by atoms with Crippen LogP contribution in [0.5, 0.6) is 17.2 Å². The Morgan fingerprint density at radius 2 is 1.67 bits per heavy atom. The predicted molar refractivity (Wildman–Crippen MR) is 127 cm³/mol. The van der Waals surface area contributed by atoms with E-state index in [0.29, 0.717) is 30.3 Å². The number of benzene rings is 3. The zero-order valence-corrected chi connectivity index (χ0v) is 19.3. The van der Waals surface area contributed by atoms with Crippen molar-refractivity contribution in [3.63, 3.8) is 0 Å². The van der Waals surface area contributed by atoms with E-state index in [1.807, 2.05) is 30.3 Å². The van der Waals surface area contributed by atoms with Gasteiger partial charge in [0.25, 0.3) is 0 Å². The number of amides is 2. The lowest BCUT2D eigenvalue weighted by molar-refractivity contribution is -0.135. The number of fused-ring (bicyclic) bond motifs is 1. The lowest BCUT2D eigenvalue weighted by atomic mass is 10.0. The van der Waals surface area contributed by atoms with Crippen molar-refractivity contribution in [2.75, 3.05) is 39.8 Å². The first-order chi connectivity index (χ1) is 15.9. The van der Waals surface area contributed by atoms with E-state index in [1.165, 1.54) is 0 Å². The number of nitrogens with zero attached hydrogens (tertiary/aromatic N) is 2. The first-order valence-electron chi connectivity index (χ1n) is 10.8. The average Bonchev–Trinajstić information content (AvgIpc) is 3.24. The van der Waals surface area contributed by atoms with E-state index in [9.17, 15) is 9.59 Å².